The number of amides is 1. The second-order valence-corrected chi connectivity index (χ2v) is 9.55. The van der Waals surface area contributed by atoms with E-state index >= 15 is 0 Å². The molecular weight excluding hydrogens is 480 g/mol. The number of fused-ring (bicyclic) bond motifs is 1. The second-order valence-electron chi connectivity index (χ2n) is 9.55. The summed E-state index contributed by atoms with van der Waals surface area (Å²) < 4.78 is 10.7. The number of pyridine rings is 1. The minimum absolute atomic E-state index is 0.0360. The number of carbonyl (C=O) groups is 1. The van der Waals surface area contributed by atoms with Crippen molar-refractivity contribution in [1.29, 1.82) is 0 Å². The molecule has 5 rings (SSSR count). The molecule has 0 bridgehead atoms. The van der Waals surface area contributed by atoms with Crippen molar-refractivity contribution in [2.45, 2.75) is 47.7 Å². The quantitative estimate of drug-likeness (QED) is 0.349. The molecule has 0 unspecified atom stereocenters. The molecule has 1 aromatic carbocycles. The van der Waals surface area contributed by atoms with Crippen molar-refractivity contribution in [3.63, 3.8) is 0 Å². The van der Waals surface area contributed by atoms with E-state index in [9.17, 15) is 4.79 Å². The van der Waals surface area contributed by atoms with Crippen LogP contribution in [0.2, 0.25) is 0 Å². The average molecular weight is 513 g/mol. The number of nitrogens with zero attached hydrogens (tertiary/aromatic N) is 7. The molecule has 0 radical (unpaired) electrons. The number of nitrogens with one attached hydrogen (secondary N) is 1. The Hall–Kier alpha value is -4.47. The highest BCUT2D eigenvalue weighted by Crippen LogP contribution is 2.31. The third-order valence-electron chi connectivity index (χ3n) is 7.12. The summed E-state index contributed by atoms with van der Waals surface area (Å²) in [6, 6.07) is 9.84. The number of ether oxygens (including phenoxy) is 1. The molecule has 0 saturated heterocycles. The lowest BCUT2D eigenvalue weighted by atomic mass is 10.0. The monoisotopic (exact) mass is 512 g/mol. The van der Waals surface area contributed by atoms with E-state index in [1.165, 1.54) is 0 Å². The maximum absolute atomic E-state index is 13.2. The topological polar surface area (TPSA) is 105 Å². The molecule has 0 aliphatic rings. The van der Waals surface area contributed by atoms with Crippen molar-refractivity contribution in [1.82, 2.24) is 34.3 Å². The van der Waals surface area contributed by atoms with Gasteiger partial charge in [-0.05, 0) is 63.9 Å². The van der Waals surface area contributed by atoms with Gasteiger partial charge in [0.15, 0.2) is 5.65 Å². The first-order chi connectivity index (χ1) is 18.2. The predicted octanol–water partition coefficient (Wildman–Crippen LogP) is 4.27. The van der Waals surface area contributed by atoms with Crippen molar-refractivity contribution >= 4 is 22.6 Å². The summed E-state index contributed by atoms with van der Waals surface area (Å²) in [5.74, 6) is 0.605. The number of aromatic nitrogens is 7. The molecule has 0 saturated carbocycles. The number of rotatable bonds is 7. The SMILES string of the molecule is COc1ccc(-c2ccnc3c2c(C)nn3CC(=O)Nc2c(C)nn(Cc3c(C)nn(C)c3C)c2C)cc1. The number of hydrogen-bond donors (Lipinski definition) is 1. The molecule has 0 aliphatic heterocycles. The maximum atomic E-state index is 13.2. The van der Waals surface area contributed by atoms with Gasteiger partial charge in [-0.1, -0.05) is 12.1 Å². The summed E-state index contributed by atoms with van der Waals surface area (Å²) in [6.45, 7) is 10.5. The van der Waals surface area contributed by atoms with Gasteiger partial charge in [0.2, 0.25) is 5.91 Å². The molecule has 10 nitrogen and oxygen atoms in total. The molecule has 5 aromatic rings. The van der Waals surface area contributed by atoms with E-state index in [1.54, 1.807) is 18.0 Å². The molecule has 10 heteroatoms. The number of benzene rings is 1. The van der Waals surface area contributed by atoms with Crippen LogP contribution in [0.3, 0.4) is 0 Å². The van der Waals surface area contributed by atoms with Gasteiger partial charge in [0, 0.05) is 29.9 Å². The number of methoxy groups -OCH3 is 1. The van der Waals surface area contributed by atoms with E-state index < -0.39 is 0 Å². The van der Waals surface area contributed by atoms with E-state index in [0.29, 0.717) is 17.9 Å². The molecule has 0 aliphatic carbocycles. The molecule has 0 fully saturated rings. The number of anilines is 1. The lowest BCUT2D eigenvalue weighted by Crippen LogP contribution is -2.20. The fourth-order valence-corrected chi connectivity index (χ4v) is 4.95. The summed E-state index contributed by atoms with van der Waals surface area (Å²) in [7, 11) is 3.59. The summed E-state index contributed by atoms with van der Waals surface area (Å²) in [4.78, 5) is 17.7. The largest absolute Gasteiger partial charge is 0.497 e. The Morgan fingerprint density at radius 1 is 0.895 bits per heavy atom. The van der Waals surface area contributed by atoms with Crippen LogP contribution < -0.4 is 10.1 Å². The number of hydrogen-bond acceptors (Lipinski definition) is 6. The van der Waals surface area contributed by atoms with Crippen LogP contribution in [0.4, 0.5) is 5.69 Å². The van der Waals surface area contributed by atoms with Gasteiger partial charge in [-0.2, -0.15) is 15.3 Å². The van der Waals surface area contributed by atoms with E-state index in [1.807, 2.05) is 81.4 Å². The molecule has 4 heterocycles. The smallest absolute Gasteiger partial charge is 0.246 e. The van der Waals surface area contributed by atoms with Gasteiger partial charge >= 0.3 is 0 Å². The van der Waals surface area contributed by atoms with Crippen molar-refractivity contribution in [2.24, 2.45) is 7.05 Å². The first kappa shape index (κ1) is 25.2. The molecule has 0 spiro atoms. The van der Waals surface area contributed by atoms with Crippen LogP contribution >= 0.6 is 0 Å². The molecule has 38 heavy (non-hydrogen) atoms. The third kappa shape index (κ3) is 4.42. The number of carbonyl (C=O) groups excluding carboxylic acids is 1. The minimum atomic E-state index is -0.189. The van der Waals surface area contributed by atoms with Crippen molar-refractivity contribution in [3.8, 4) is 16.9 Å². The summed E-state index contributed by atoms with van der Waals surface area (Å²) in [6.07, 6.45) is 1.75. The summed E-state index contributed by atoms with van der Waals surface area (Å²) >= 11 is 0. The van der Waals surface area contributed by atoms with Gasteiger partial charge in [-0.3, -0.25) is 14.2 Å². The average Bonchev–Trinajstić information content (AvgIpc) is 3.45. The van der Waals surface area contributed by atoms with Crippen LogP contribution in [0.15, 0.2) is 36.5 Å². The van der Waals surface area contributed by atoms with Crippen LogP contribution in [0.5, 0.6) is 5.75 Å². The summed E-state index contributed by atoms with van der Waals surface area (Å²) in [5, 5.41) is 17.8. The molecular formula is C28H32N8O2. The lowest BCUT2D eigenvalue weighted by molar-refractivity contribution is -0.116. The Labute approximate surface area is 221 Å². The van der Waals surface area contributed by atoms with E-state index in [4.69, 9.17) is 4.74 Å². The van der Waals surface area contributed by atoms with Crippen LogP contribution in [-0.2, 0) is 24.9 Å². The van der Waals surface area contributed by atoms with Crippen LogP contribution in [0, 0.1) is 34.6 Å². The van der Waals surface area contributed by atoms with Crippen molar-refractivity contribution in [2.75, 3.05) is 12.4 Å². The zero-order valence-electron chi connectivity index (χ0n) is 22.8. The molecule has 1 N–H and O–H groups in total. The molecule has 1 amide bonds. The van der Waals surface area contributed by atoms with Gasteiger partial charge in [-0.15, -0.1) is 0 Å². The van der Waals surface area contributed by atoms with Gasteiger partial charge < -0.3 is 10.1 Å². The Balaban J connectivity index is 1.39. The van der Waals surface area contributed by atoms with Crippen LogP contribution in [-0.4, -0.2) is 47.3 Å². The van der Waals surface area contributed by atoms with E-state index in [0.717, 1.165) is 56.3 Å². The lowest BCUT2D eigenvalue weighted by Gasteiger charge is -2.09. The molecule has 4 aromatic heterocycles. The maximum Gasteiger partial charge on any atom is 0.246 e. The Morgan fingerprint density at radius 3 is 2.26 bits per heavy atom. The predicted molar refractivity (Wildman–Crippen MR) is 146 cm³/mol. The van der Waals surface area contributed by atoms with Gasteiger partial charge in [0.05, 0.1) is 42.1 Å². The Morgan fingerprint density at radius 2 is 1.61 bits per heavy atom. The minimum Gasteiger partial charge on any atom is -0.497 e. The first-order valence-electron chi connectivity index (χ1n) is 12.5. The summed E-state index contributed by atoms with van der Waals surface area (Å²) in [5.41, 5.74) is 9.10. The fraction of sp³-hybridized carbons (Fsp3) is 0.321. The highest BCUT2D eigenvalue weighted by Gasteiger charge is 2.20. The molecule has 196 valence electrons. The highest BCUT2D eigenvalue weighted by molar-refractivity contribution is 5.96. The third-order valence-corrected chi connectivity index (χ3v) is 7.12. The zero-order chi connectivity index (χ0) is 27.1. The van der Waals surface area contributed by atoms with E-state index in [-0.39, 0.29) is 12.5 Å². The normalized spacial score (nSPS) is 11.3. The second kappa shape index (κ2) is 9.77. The van der Waals surface area contributed by atoms with E-state index in [2.05, 4.69) is 25.6 Å². The van der Waals surface area contributed by atoms with Crippen molar-refractivity contribution < 1.29 is 9.53 Å². The van der Waals surface area contributed by atoms with Gasteiger partial charge in [0.25, 0.3) is 0 Å². The first-order valence-corrected chi connectivity index (χ1v) is 12.5. The molecule has 0 atom stereocenters. The highest BCUT2D eigenvalue weighted by atomic mass is 16.5. The standard InChI is InChI=1S/C28H32N8O2/c1-16-24(19(4)34(6)31-16)14-35-20(5)27(18(3)33-35)30-25(37)15-36-28-26(17(2)32-36)23(12-13-29-28)21-8-10-22(38-7)11-9-21/h8-13H,14-15H2,1-7H3,(H,30,37). The number of aryl methyl sites for hydroxylation is 4. The Kier molecular flexibility index (Phi) is 6.48. The van der Waals surface area contributed by atoms with Gasteiger partial charge in [0.1, 0.15) is 12.3 Å². The fourth-order valence-electron chi connectivity index (χ4n) is 4.95. The van der Waals surface area contributed by atoms with Crippen molar-refractivity contribution in [3.05, 3.63) is 70.6 Å². The van der Waals surface area contributed by atoms with Crippen LogP contribution in [0.25, 0.3) is 22.2 Å². The van der Waals surface area contributed by atoms with Crippen LogP contribution in [0.1, 0.15) is 34.0 Å². The Bertz CT molecular complexity index is 1660. The zero-order valence-corrected chi connectivity index (χ0v) is 22.8. The van der Waals surface area contributed by atoms with Gasteiger partial charge in [-0.25, -0.2) is 9.67 Å².